The second kappa shape index (κ2) is 8.51. The first kappa shape index (κ1) is 19.8. The fourth-order valence-corrected chi connectivity index (χ4v) is 4.09. The van der Waals surface area contributed by atoms with Gasteiger partial charge in [0.15, 0.2) is 5.13 Å². The smallest absolute Gasteiger partial charge is 0.301 e. The van der Waals surface area contributed by atoms with Gasteiger partial charge < -0.3 is 9.84 Å². The molecule has 1 aliphatic heterocycles. The first-order chi connectivity index (χ1) is 14.6. The van der Waals surface area contributed by atoms with Crippen molar-refractivity contribution in [3.63, 3.8) is 0 Å². The topological polar surface area (TPSA) is 79.7 Å². The van der Waals surface area contributed by atoms with Crippen molar-refractivity contribution in [3.05, 3.63) is 82.9 Å². The number of hydrogen-bond acceptors (Lipinski definition) is 6. The minimum atomic E-state index is -0.766. The van der Waals surface area contributed by atoms with E-state index >= 15 is 0 Å². The first-order valence-corrected chi connectivity index (χ1v) is 10.5. The van der Waals surface area contributed by atoms with E-state index in [9.17, 15) is 14.7 Å². The SMILES string of the molecule is CCCOc1cccc(C(O)=C2C(=O)C(=O)N(c3nccs3)C2c2ccccc2)c1. The van der Waals surface area contributed by atoms with Crippen LogP contribution < -0.4 is 9.64 Å². The Hall–Kier alpha value is -3.45. The molecule has 1 saturated heterocycles. The van der Waals surface area contributed by atoms with Crippen LogP contribution in [-0.2, 0) is 9.59 Å². The molecule has 2 heterocycles. The highest BCUT2D eigenvalue weighted by Gasteiger charge is 2.47. The highest BCUT2D eigenvalue weighted by Crippen LogP contribution is 2.42. The van der Waals surface area contributed by atoms with Crippen LogP contribution in [0.3, 0.4) is 0 Å². The monoisotopic (exact) mass is 420 g/mol. The third-order valence-electron chi connectivity index (χ3n) is 4.77. The molecule has 1 aromatic heterocycles. The number of ketones is 1. The summed E-state index contributed by atoms with van der Waals surface area (Å²) >= 11 is 1.26. The summed E-state index contributed by atoms with van der Waals surface area (Å²) in [6.45, 7) is 2.55. The molecule has 30 heavy (non-hydrogen) atoms. The van der Waals surface area contributed by atoms with Gasteiger partial charge in [-0.15, -0.1) is 11.3 Å². The number of rotatable bonds is 6. The summed E-state index contributed by atoms with van der Waals surface area (Å²) in [4.78, 5) is 31.5. The van der Waals surface area contributed by atoms with Crippen molar-refractivity contribution in [2.45, 2.75) is 19.4 Å². The minimum absolute atomic E-state index is 0.0361. The van der Waals surface area contributed by atoms with E-state index < -0.39 is 17.7 Å². The number of carbonyl (C=O) groups excluding carboxylic acids is 2. The lowest BCUT2D eigenvalue weighted by Gasteiger charge is -2.22. The minimum Gasteiger partial charge on any atom is -0.507 e. The molecule has 4 rings (SSSR count). The van der Waals surface area contributed by atoms with Crippen LogP contribution >= 0.6 is 11.3 Å². The lowest BCUT2D eigenvalue weighted by Crippen LogP contribution is -2.29. The zero-order valence-electron chi connectivity index (χ0n) is 16.3. The van der Waals surface area contributed by atoms with Gasteiger partial charge in [0.2, 0.25) is 0 Å². The maximum atomic E-state index is 13.0. The number of anilines is 1. The second-order valence-corrected chi connectivity index (χ2v) is 7.64. The first-order valence-electron chi connectivity index (χ1n) is 9.60. The van der Waals surface area contributed by atoms with Gasteiger partial charge in [-0.3, -0.25) is 14.5 Å². The molecule has 0 aliphatic carbocycles. The fraction of sp³-hybridized carbons (Fsp3) is 0.174. The number of nitrogens with zero attached hydrogens (tertiary/aromatic N) is 2. The highest BCUT2D eigenvalue weighted by atomic mass is 32.1. The van der Waals surface area contributed by atoms with Crippen LogP contribution in [0.2, 0.25) is 0 Å². The number of amides is 1. The molecule has 1 amide bonds. The van der Waals surface area contributed by atoms with Crippen molar-refractivity contribution in [2.24, 2.45) is 0 Å². The van der Waals surface area contributed by atoms with E-state index in [-0.39, 0.29) is 11.3 Å². The largest absolute Gasteiger partial charge is 0.507 e. The molecule has 7 heteroatoms. The Kier molecular flexibility index (Phi) is 5.63. The van der Waals surface area contributed by atoms with Gasteiger partial charge >= 0.3 is 5.91 Å². The van der Waals surface area contributed by atoms with Crippen molar-refractivity contribution >= 4 is 33.9 Å². The molecule has 1 atom stereocenters. The lowest BCUT2D eigenvalue weighted by atomic mass is 9.95. The summed E-state index contributed by atoms with van der Waals surface area (Å²) in [5, 5.41) is 13.3. The number of thiazole rings is 1. The van der Waals surface area contributed by atoms with Gasteiger partial charge in [0.05, 0.1) is 18.2 Å². The molecule has 1 N–H and O–H groups in total. The number of hydrogen-bond donors (Lipinski definition) is 1. The molecule has 1 aliphatic rings. The molecule has 1 unspecified atom stereocenters. The third-order valence-corrected chi connectivity index (χ3v) is 5.54. The fourth-order valence-electron chi connectivity index (χ4n) is 3.42. The molecule has 2 aromatic carbocycles. The molecule has 0 radical (unpaired) electrons. The number of Topliss-reactive ketones (excluding diaryl/α,β-unsaturated/α-hetero) is 1. The summed E-state index contributed by atoms with van der Waals surface area (Å²) in [6.07, 6.45) is 2.43. The van der Waals surface area contributed by atoms with E-state index in [1.54, 1.807) is 35.8 Å². The van der Waals surface area contributed by atoms with Crippen LogP contribution in [0, 0.1) is 0 Å². The molecule has 0 spiro atoms. The number of ether oxygens (including phenoxy) is 1. The summed E-state index contributed by atoms with van der Waals surface area (Å²) in [7, 11) is 0. The van der Waals surface area contributed by atoms with E-state index in [2.05, 4.69) is 4.98 Å². The van der Waals surface area contributed by atoms with Gasteiger partial charge in [0.25, 0.3) is 5.78 Å². The van der Waals surface area contributed by atoms with E-state index in [4.69, 9.17) is 4.74 Å². The zero-order chi connectivity index (χ0) is 21.1. The van der Waals surface area contributed by atoms with Crippen LogP contribution in [0.5, 0.6) is 5.75 Å². The number of carbonyl (C=O) groups is 2. The predicted molar refractivity (Wildman–Crippen MR) is 116 cm³/mol. The van der Waals surface area contributed by atoms with E-state index in [1.807, 2.05) is 37.3 Å². The van der Waals surface area contributed by atoms with E-state index in [1.165, 1.54) is 16.2 Å². The molecule has 1 fully saturated rings. The molecular formula is C23H20N2O4S. The maximum Gasteiger partial charge on any atom is 0.301 e. The van der Waals surface area contributed by atoms with Gasteiger partial charge in [-0.05, 0) is 24.1 Å². The van der Waals surface area contributed by atoms with Gasteiger partial charge in [0.1, 0.15) is 11.5 Å². The summed E-state index contributed by atoms with van der Waals surface area (Å²) in [5.74, 6) is -1.09. The van der Waals surface area contributed by atoms with Crippen LogP contribution in [0.1, 0.15) is 30.5 Å². The van der Waals surface area contributed by atoms with Crippen LogP contribution in [-0.4, -0.2) is 28.4 Å². The average molecular weight is 420 g/mol. The Balaban J connectivity index is 1.86. The van der Waals surface area contributed by atoms with Crippen LogP contribution in [0.25, 0.3) is 5.76 Å². The number of aliphatic hydroxyl groups is 1. The molecular weight excluding hydrogens is 400 g/mol. The lowest BCUT2D eigenvalue weighted by molar-refractivity contribution is -0.132. The van der Waals surface area contributed by atoms with Crippen molar-refractivity contribution in [3.8, 4) is 5.75 Å². The summed E-state index contributed by atoms with van der Waals surface area (Å²) in [6, 6.07) is 15.3. The Morgan fingerprint density at radius 2 is 1.97 bits per heavy atom. The zero-order valence-corrected chi connectivity index (χ0v) is 17.1. The van der Waals surface area contributed by atoms with Crippen LogP contribution in [0.15, 0.2) is 71.7 Å². The number of benzene rings is 2. The quantitative estimate of drug-likeness (QED) is 0.359. The van der Waals surface area contributed by atoms with E-state index in [0.29, 0.717) is 28.6 Å². The highest BCUT2D eigenvalue weighted by molar-refractivity contribution is 7.14. The molecule has 3 aromatic rings. The van der Waals surface area contributed by atoms with Crippen molar-refractivity contribution in [2.75, 3.05) is 11.5 Å². The predicted octanol–water partition coefficient (Wildman–Crippen LogP) is 4.56. The third kappa shape index (κ3) is 3.59. The van der Waals surface area contributed by atoms with Gasteiger partial charge in [0, 0.05) is 17.1 Å². The van der Waals surface area contributed by atoms with E-state index in [0.717, 1.165) is 6.42 Å². The molecule has 6 nitrogen and oxygen atoms in total. The second-order valence-electron chi connectivity index (χ2n) is 6.77. The standard InChI is InChI=1S/C23H20N2O4S/c1-2-12-29-17-10-6-9-16(14-17)20(26)18-19(15-7-4-3-5-8-15)25(22(28)21(18)27)23-24-11-13-30-23/h3-11,13-14,19,26H,2,12H2,1H3. The molecule has 0 bridgehead atoms. The Labute approximate surface area is 178 Å². The van der Waals surface area contributed by atoms with Gasteiger partial charge in [-0.2, -0.15) is 0 Å². The summed E-state index contributed by atoms with van der Waals surface area (Å²) in [5.41, 5.74) is 1.17. The van der Waals surface area contributed by atoms with Crippen molar-refractivity contribution in [1.29, 1.82) is 0 Å². The van der Waals surface area contributed by atoms with Gasteiger partial charge in [-0.1, -0.05) is 49.4 Å². The van der Waals surface area contributed by atoms with Crippen molar-refractivity contribution in [1.82, 2.24) is 4.98 Å². The number of aliphatic hydroxyl groups excluding tert-OH is 1. The Morgan fingerprint density at radius 3 is 2.67 bits per heavy atom. The molecule has 0 saturated carbocycles. The van der Waals surface area contributed by atoms with Crippen LogP contribution in [0.4, 0.5) is 5.13 Å². The maximum absolute atomic E-state index is 13.0. The normalized spacial score (nSPS) is 18.0. The van der Waals surface area contributed by atoms with Gasteiger partial charge in [-0.25, -0.2) is 4.98 Å². The molecule has 152 valence electrons. The average Bonchev–Trinajstić information content (AvgIpc) is 3.39. The van der Waals surface area contributed by atoms with Crippen molar-refractivity contribution < 1.29 is 19.4 Å². The Bertz CT molecular complexity index is 1090. The summed E-state index contributed by atoms with van der Waals surface area (Å²) < 4.78 is 5.64. The number of aromatic nitrogens is 1. The Morgan fingerprint density at radius 1 is 1.17 bits per heavy atom.